The molecule has 2 N–H and O–H groups in total. The van der Waals surface area contributed by atoms with Gasteiger partial charge in [-0.3, -0.25) is 0 Å². The van der Waals surface area contributed by atoms with E-state index in [1.807, 2.05) is 7.05 Å². The van der Waals surface area contributed by atoms with Crippen molar-refractivity contribution in [3.8, 4) is 0 Å². The van der Waals surface area contributed by atoms with Crippen molar-refractivity contribution in [3.05, 3.63) is 23.6 Å². The van der Waals surface area contributed by atoms with E-state index in [1.54, 1.807) is 12.3 Å². The molecule has 0 fully saturated rings. The first-order valence-corrected chi connectivity index (χ1v) is 7.14. The molecule has 0 aromatic carbocycles. The summed E-state index contributed by atoms with van der Waals surface area (Å²) in [5.74, 6) is 0.0751. The first-order valence-electron chi connectivity index (χ1n) is 7.14. The molecule has 0 aliphatic heterocycles. The van der Waals surface area contributed by atoms with Gasteiger partial charge >= 0.3 is 0 Å². The number of hydrogen-bond donors (Lipinski definition) is 2. The quantitative estimate of drug-likeness (QED) is 0.806. The zero-order valence-electron chi connectivity index (χ0n) is 13.3. The average molecular weight is 282 g/mol. The van der Waals surface area contributed by atoms with Crippen molar-refractivity contribution in [3.63, 3.8) is 0 Å². The third-order valence-corrected chi connectivity index (χ3v) is 3.10. The number of anilines is 1. The van der Waals surface area contributed by atoms with Gasteiger partial charge in [-0.1, -0.05) is 6.92 Å². The Morgan fingerprint density at radius 3 is 2.65 bits per heavy atom. The first-order chi connectivity index (χ1) is 9.33. The van der Waals surface area contributed by atoms with E-state index in [9.17, 15) is 4.39 Å². The van der Waals surface area contributed by atoms with Gasteiger partial charge < -0.3 is 15.5 Å². The number of likely N-dealkylation sites (N-methyl/N-ethyl adjacent to an activating group) is 1. The van der Waals surface area contributed by atoms with Gasteiger partial charge in [0.2, 0.25) is 0 Å². The number of halogens is 1. The highest BCUT2D eigenvalue weighted by atomic mass is 19.1. The Morgan fingerprint density at radius 2 is 2.05 bits per heavy atom. The van der Waals surface area contributed by atoms with Crippen LogP contribution in [0.4, 0.5) is 10.2 Å². The van der Waals surface area contributed by atoms with Crippen LogP contribution >= 0.6 is 0 Å². The molecule has 0 unspecified atom stereocenters. The Morgan fingerprint density at radius 1 is 1.35 bits per heavy atom. The molecule has 0 spiro atoms. The number of aromatic nitrogens is 1. The largest absolute Gasteiger partial charge is 0.366 e. The van der Waals surface area contributed by atoms with Gasteiger partial charge in [0.1, 0.15) is 0 Å². The van der Waals surface area contributed by atoms with Crippen molar-refractivity contribution in [2.75, 3.05) is 32.0 Å². The van der Waals surface area contributed by atoms with Crippen molar-refractivity contribution >= 4 is 5.82 Å². The maximum Gasteiger partial charge on any atom is 0.169 e. The summed E-state index contributed by atoms with van der Waals surface area (Å²) in [6.07, 6.45) is 1.65. The van der Waals surface area contributed by atoms with E-state index in [0.717, 1.165) is 13.1 Å². The summed E-state index contributed by atoms with van der Waals surface area (Å²) in [5, 5.41) is 6.35. The van der Waals surface area contributed by atoms with Crippen LogP contribution < -0.4 is 10.6 Å². The molecule has 0 bridgehead atoms. The Balaban J connectivity index is 2.60. The van der Waals surface area contributed by atoms with Crippen molar-refractivity contribution in [2.24, 2.45) is 0 Å². The minimum absolute atomic E-state index is 0.0346. The van der Waals surface area contributed by atoms with Gasteiger partial charge in [0, 0.05) is 36.9 Å². The summed E-state index contributed by atoms with van der Waals surface area (Å²) in [6, 6.07) is 1.72. The number of rotatable bonds is 7. The minimum atomic E-state index is -0.261. The van der Waals surface area contributed by atoms with Crippen LogP contribution in [0.3, 0.4) is 0 Å². The maximum absolute atomic E-state index is 14.3. The Hall–Kier alpha value is -1.20. The molecule has 1 heterocycles. The van der Waals surface area contributed by atoms with E-state index >= 15 is 0 Å². The van der Waals surface area contributed by atoms with E-state index in [4.69, 9.17) is 0 Å². The molecule has 0 saturated heterocycles. The minimum Gasteiger partial charge on any atom is -0.366 e. The molecule has 4 nitrogen and oxygen atoms in total. The second kappa shape index (κ2) is 7.55. The lowest BCUT2D eigenvalue weighted by atomic mass is 10.1. The maximum atomic E-state index is 14.3. The highest BCUT2D eigenvalue weighted by Crippen LogP contribution is 2.15. The lowest BCUT2D eigenvalue weighted by molar-refractivity contribution is 0.366. The first kappa shape index (κ1) is 16.9. The van der Waals surface area contributed by atoms with E-state index < -0.39 is 0 Å². The van der Waals surface area contributed by atoms with Crippen LogP contribution in [-0.2, 0) is 6.54 Å². The summed E-state index contributed by atoms with van der Waals surface area (Å²) in [6.45, 7) is 11.3. The molecule has 0 aliphatic rings. The lowest BCUT2D eigenvalue weighted by Gasteiger charge is -2.21. The second-order valence-corrected chi connectivity index (χ2v) is 6.06. The van der Waals surface area contributed by atoms with Gasteiger partial charge in [-0.25, -0.2) is 9.37 Å². The smallest absolute Gasteiger partial charge is 0.169 e. The van der Waals surface area contributed by atoms with Gasteiger partial charge in [-0.15, -0.1) is 0 Å². The topological polar surface area (TPSA) is 40.2 Å². The molecule has 20 heavy (non-hydrogen) atoms. The van der Waals surface area contributed by atoms with Crippen LogP contribution in [0.1, 0.15) is 33.3 Å². The fourth-order valence-electron chi connectivity index (χ4n) is 1.63. The fraction of sp³-hybridized carbons (Fsp3) is 0.667. The molecule has 0 amide bonds. The number of nitrogens with one attached hydrogen (secondary N) is 2. The summed E-state index contributed by atoms with van der Waals surface area (Å²) < 4.78 is 14.3. The van der Waals surface area contributed by atoms with Crippen molar-refractivity contribution in [1.82, 2.24) is 15.2 Å². The normalized spacial score (nSPS) is 11.9. The van der Waals surface area contributed by atoms with Gasteiger partial charge in [-0.2, -0.15) is 0 Å². The summed E-state index contributed by atoms with van der Waals surface area (Å²) in [5.41, 5.74) is 0.605. The number of hydrogen-bond acceptors (Lipinski definition) is 4. The van der Waals surface area contributed by atoms with Crippen LogP contribution in [0.2, 0.25) is 0 Å². The second-order valence-electron chi connectivity index (χ2n) is 6.06. The molecule has 1 aromatic heterocycles. The summed E-state index contributed by atoms with van der Waals surface area (Å²) in [7, 11) is 2.04. The van der Waals surface area contributed by atoms with E-state index in [1.165, 1.54) is 0 Å². The van der Waals surface area contributed by atoms with Crippen LogP contribution in [-0.4, -0.2) is 42.1 Å². The summed E-state index contributed by atoms with van der Waals surface area (Å²) in [4.78, 5) is 6.24. The molecule has 0 saturated carbocycles. The lowest BCUT2D eigenvalue weighted by Crippen LogP contribution is -2.35. The molecule has 1 rings (SSSR count). The van der Waals surface area contributed by atoms with E-state index in [0.29, 0.717) is 24.5 Å². The van der Waals surface area contributed by atoms with E-state index in [2.05, 4.69) is 48.2 Å². The zero-order valence-corrected chi connectivity index (χ0v) is 13.3. The Bertz CT molecular complexity index is 415. The molecular formula is C15H27FN4. The van der Waals surface area contributed by atoms with Crippen molar-refractivity contribution in [1.29, 1.82) is 0 Å². The van der Waals surface area contributed by atoms with Crippen molar-refractivity contribution < 1.29 is 4.39 Å². The molecule has 0 atom stereocenters. The van der Waals surface area contributed by atoms with Crippen LogP contribution in [0.5, 0.6) is 0 Å². The van der Waals surface area contributed by atoms with Crippen LogP contribution in [0.15, 0.2) is 12.3 Å². The molecule has 1 aromatic rings. The van der Waals surface area contributed by atoms with Crippen LogP contribution in [0, 0.1) is 5.82 Å². The highest BCUT2D eigenvalue weighted by molar-refractivity contribution is 5.39. The zero-order chi connectivity index (χ0) is 15.2. The molecule has 0 aliphatic carbocycles. The van der Waals surface area contributed by atoms with Crippen LogP contribution in [0.25, 0.3) is 0 Å². The van der Waals surface area contributed by atoms with Gasteiger partial charge in [0.05, 0.1) is 0 Å². The standard InChI is InChI=1S/C15H27FN4/c1-6-20(5)10-9-18-14-13(16)12(7-8-17-14)11-19-15(2,3)4/h7-8,19H,6,9-11H2,1-5H3,(H,17,18). The molecule has 5 heteroatoms. The van der Waals surface area contributed by atoms with Gasteiger partial charge in [-0.05, 0) is 40.4 Å². The summed E-state index contributed by atoms with van der Waals surface area (Å²) >= 11 is 0. The van der Waals surface area contributed by atoms with Gasteiger partial charge in [0.15, 0.2) is 11.6 Å². The monoisotopic (exact) mass is 282 g/mol. The SMILES string of the molecule is CCN(C)CCNc1nccc(CNC(C)(C)C)c1F. The van der Waals surface area contributed by atoms with Crippen molar-refractivity contribution in [2.45, 2.75) is 39.8 Å². The molecular weight excluding hydrogens is 255 g/mol. The molecule has 0 radical (unpaired) electrons. The average Bonchev–Trinajstić information content (AvgIpc) is 2.38. The van der Waals surface area contributed by atoms with E-state index in [-0.39, 0.29) is 11.4 Å². The Labute approximate surface area is 121 Å². The predicted molar refractivity (Wildman–Crippen MR) is 82.4 cm³/mol. The third kappa shape index (κ3) is 5.84. The highest BCUT2D eigenvalue weighted by Gasteiger charge is 2.13. The predicted octanol–water partition coefficient (Wildman–Crippen LogP) is 2.47. The molecule has 114 valence electrons. The number of pyridine rings is 1. The fourth-order valence-corrected chi connectivity index (χ4v) is 1.63. The van der Waals surface area contributed by atoms with Gasteiger partial charge in [0.25, 0.3) is 0 Å². The number of nitrogens with zero attached hydrogens (tertiary/aromatic N) is 2. The Kier molecular flexibility index (Phi) is 6.36. The third-order valence-electron chi connectivity index (χ3n) is 3.10.